The number of carbonyl (C=O) groups is 2. The lowest BCUT2D eigenvalue weighted by Gasteiger charge is -2.10. The van der Waals surface area contributed by atoms with Gasteiger partial charge in [-0.2, -0.15) is 0 Å². The van der Waals surface area contributed by atoms with E-state index in [2.05, 4.69) is 5.32 Å². The average Bonchev–Trinajstić information content (AvgIpc) is 2.47. The van der Waals surface area contributed by atoms with Crippen LogP contribution in [0.5, 0.6) is 0 Å². The molecule has 0 radical (unpaired) electrons. The van der Waals surface area contributed by atoms with Gasteiger partial charge in [-0.3, -0.25) is 9.59 Å². The Bertz CT molecular complexity index is 653. The summed E-state index contributed by atoms with van der Waals surface area (Å²) in [5.41, 5.74) is 1.65. The van der Waals surface area contributed by atoms with Gasteiger partial charge in [-0.1, -0.05) is 18.2 Å². The van der Waals surface area contributed by atoms with Gasteiger partial charge >= 0.3 is 5.97 Å². The topological polar surface area (TPSA) is 66.4 Å². The minimum Gasteiger partial charge on any atom is -0.481 e. The molecule has 4 nitrogen and oxygen atoms in total. The number of amides is 1. The number of hydrogen-bond donors (Lipinski definition) is 2. The van der Waals surface area contributed by atoms with E-state index < -0.39 is 11.8 Å². The van der Waals surface area contributed by atoms with Gasteiger partial charge in [-0.05, 0) is 42.3 Å². The number of nitrogens with one attached hydrogen (secondary N) is 1. The lowest BCUT2D eigenvalue weighted by atomic mass is 10.1. The van der Waals surface area contributed by atoms with Crippen molar-refractivity contribution in [3.05, 3.63) is 65.5 Å². The van der Waals surface area contributed by atoms with Crippen LogP contribution in [-0.4, -0.2) is 17.0 Å². The summed E-state index contributed by atoms with van der Waals surface area (Å²) in [5.74, 6) is -1.67. The van der Waals surface area contributed by atoms with Crippen molar-refractivity contribution in [3.8, 4) is 0 Å². The molecule has 2 rings (SSSR count). The Kier molecular flexibility index (Phi) is 4.66. The molecule has 5 heteroatoms. The van der Waals surface area contributed by atoms with Gasteiger partial charge in [0.2, 0.25) is 0 Å². The molecule has 2 N–H and O–H groups in total. The zero-order valence-electron chi connectivity index (χ0n) is 11.2. The van der Waals surface area contributed by atoms with Gasteiger partial charge in [0.15, 0.2) is 0 Å². The number of hydrogen-bond acceptors (Lipinski definition) is 2. The largest absolute Gasteiger partial charge is 0.481 e. The first-order valence-corrected chi connectivity index (χ1v) is 6.43. The minimum absolute atomic E-state index is 0.0105. The van der Waals surface area contributed by atoms with E-state index in [9.17, 15) is 14.0 Å². The molecule has 1 amide bonds. The van der Waals surface area contributed by atoms with Gasteiger partial charge in [-0.15, -0.1) is 0 Å². The van der Waals surface area contributed by atoms with Crippen LogP contribution in [0.4, 0.5) is 10.1 Å². The van der Waals surface area contributed by atoms with E-state index in [1.165, 1.54) is 24.3 Å². The lowest BCUT2D eigenvalue weighted by molar-refractivity contribution is -0.136. The average molecular weight is 287 g/mol. The molecule has 0 fully saturated rings. The molecule has 0 heterocycles. The number of rotatable bonds is 5. The van der Waals surface area contributed by atoms with E-state index in [0.29, 0.717) is 17.7 Å². The molecule has 0 saturated carbocycles. The van der Waals surface area contributed by atoms with Crippen LogP contribution in [0.2, 0.25) is 0 Å². The summed E-state index contributed by atoms with van der Waals surface area (Å²) in [4.78, 5) is 22.7. The Hall–Kier alpha value is -2.69. The number of benzene rings is 2. The molecular weight excluding hydrogens is 273 g/mol. The Balaban J connectivity index is 2.13. The predicted octanol–water partition coefficient (Wildman–Crippen LogP) is 3.10. The number of aryl methyl sites for hydroxylation is 1. The predicted molar refractivity (Wildman–Crippen MR) is 76.8 cm³/mol. The van der Waals surface area contributed by atoms with Crippen LogP contribution in [0.1, 0.15) is 22.3 Å². The maximum absolute atomic E-state index is 12.8. The van der Waals surface area contributed by atoms with Crippen LogP contribution >= 0.6 is 0 Å². The molecule has 0 saturated heterocycles. The van der Waals surface area contributed by atoms with E-state index in [0.717, 1.165) is 5.56 Å². The Morgan fingerprint density at radius 3 is 2.38 bits per heavy atom. The van der Waals surface area contributed by atoms with Crippen LogP contribution in [0.3, 0.4) is 0 Å². The van der Waals surface area contributed by atoms with E-state index in [1.807, 2.05) is 0 Å². The fraction of sp³-hybridized carbons (Fsp3) is 0.125. The molecule has 0 atom stereocenters. The van der Waals surface area contributed by atoms with Gasteiger partial charge in [0, 0.05) is 17.7 Å². The van der Waals surface area contributed by atoms with Crippen LogP contribution < -0.4 is 5.32 Å². The third kappa shape index (κ3) is 4.14. The maximum Gasteiger partial charge on any atom is 0.303 e. The van der Waals surface area contributed by atoms with E-state index in [-0.39, 0.29) is 12.3 Å². The van der Waals surface area contributed by atoms with E-state index >= 15 is 0 Å². The molecule has 0 spiro atoms. The summed E-state index contributed by atoms with van der Waals surface area (Å²) in [6.07, 6.45) is 0.318. The normalized spacial score (nSPS) is 10.1. The van der Waals surface area contributed by atoms with Crippen molar-refractivity contribution < 1.29 is 19.1 Å². The first-order chi connectivity index (χ1) is 10.1. The summed E-state index contributed by atoms with van der Waals surface area (Å²) in [5, 5.41) is 11.4. The molecule has 21 heavy (non-hydrogen) atoms. The Labute approximate surface area is 121 Å². The SMILES string of the molecule is O=C(O)CCc1ccccc1NC(=O)c1ccc(F)cc1. The van der Waals surface area contributed by atoms with E-state index in [4.69, 9.17) is 5.11 Å². The summed E-state index contributed by atoms with van der Waals surface area (Å²) >= 11 is 0. The van der Waals surface area contributed by atoms with Crippen molar-refractivity contribution in [1.29, 1.82) is 0 Å². The van der Waals surface area contributed by atoms with Crippen molar-refractivity contribution in [2.24, 2.45) is 0 Å². The summed E-state index contributed by atoms with van der Waals surface area (Å²) in [6, 6.07) is 12.2. The van der Waals surface area contributed by atoms with E-state index in [1.54, 1.807) is 24.3 Å². The highest BCUT2D eigenvalue weighted by Gasteiger charge is 2.10. The molecule has 0 aliphatic rings. The highest BCUT2D eigenvalue weighted by molar-refractivity contribution is 6.04. The number of carboxylic acids is 1. The van der Waals surface area contributed by atoms with Crippen molar-refractivity contribution in [2.75, 3.05) is 5.32 Å². The standard InChI is InChI=1S/C16H14FNO3/c17-13-8-5-12(6-9-13)16(21)18-14-4-2-1-3-11(14)7-10-15(19)20/h1-6,8-9H,7,10H2,(H,18,21)(H,19,20). The lowest BCUT2D eigenvalue weighted by Crippen LogP contribution is -2.13. The number of carbonyl (C=O) groups excluding carboxylic acids is 1. The monoisotopic (exact) mass is 287 g/mol. The fourth-order valence-corrected chi connectivity index (χ4v) is 1.90. The van der Waals surface area contributed by atoms with Crippen molar-refractivity contribution in [3.63, 3.8) is 0 Å². The van der Waals surface area contributed by atoms with Crippen LogP contribution in [-0.2, 0) is 11.2 Å². The van der Waals surface area contributed by atoms with Gasteiger partial charge in [0.1, 0.15) is 5.82 Å². The summed E-state index contributed by atoms with van der Waals surface area (Å²) < 4.78 is 12.8. The van der Waals surface area contributed by atoms with Gasteiger partial charge in [-0.25, -0.2) is 4.39 Å². The first-order valence-electron chi connectivity index (χ1n) is 6.43. The molecule has 0 bridgehead atoms. The zero-order valence-corrected chi connectivity index (χ0v) is 11.2. The highest BCUT2D eigenvalue weighted by atomic mass is 19.1. The van der Waals surface area contributed by atoms with Crippen molar-refractivity contribution >= 4 is 17.6 Å². The van der Waals surface area contributed by atoms with Crippen molar-refractivity contribution in [1.82, 2.24) is 0 Å². The zero-order chi connectivity index (χ0) is 15.2. The fourth-order valence-electron chi connectivity index (χ4n) is 1.90. The number of anilines is 1. The number of aliphatic carboxylic acids is 1. The molecule has 108 valence electrons. The molecule has 2 aromatic rings. The molecule has 0 aliphatic carbocycles. The minimum atomic E-state index is -0.894. The molecular formula is C16H14FNO3. The number of para-hydroxylation sites is 1. The third-order valence-electron chi connectivity index (χ3n) is 2.98. The third-order valence-corrected chi connectivity index (χ3v) is 2.98. The number of halogens is 1. The maximum atomic E-state index is 12.8. The van der Waals surface area contributed by atoms with Gasteiger partial charge < -0.3 is 10.4 Å². The highest BCUT2D eigenvalue weighted by Crippen LogP contribution is 2.18. The molecule has 0 aromatic heterocycles. The molecule has 0 aliphatic heterocycles. The quantitative estimate of drug-likeness (QED) is 0.888. The summed E-state index contributed by atoms with van der Waals surface area (Å²) in [7, 11) is 0. The molecule has 0 unspecified atom stereocenters. The van der Waals surface area contributed by atoms with Crippen LogP contribution in [0.25, 0.3) is 0 Å². The number of carboxylic acid groups (broad SMARTS) is 1. The second kappa shape index (κ2) is 6.65. The van der Waals surface area contributed by atoms with Crippen LogP contribution in [0, 0.1) is 5.82 Å². The van der Waals surface area contributed by atoms with Crippen LogP contribution in [0.15, 0.2) is 48.5 Å². The van der Waals surface area contributed by atoms with Crippen molar-refractivity contribution in [2.45, 2.75) is 12.8 Å². The summed E-state index contributed by atoms with van der Waals surface area (Å²) in [6.45, 7) is 0. The first kappa shape index (κ1) is 14.7. The second-order valence-corrected chi connectivity index (χ2v) is 4.51. The van der Waals surface area contributed by atoms with Gasteiger partial charge in [0.05, 0.1) is 0 Å². The van der Waals surface area contributed by atoms with Gasteiger partial charge in [0.25, 0.3) is 5.91 Å². The second-order valence-electron chi connectivity index (χ2n) is 4.51. The molecule has 2 aromatic carbocycles. The smallest absolute Gasteiger partial charge is 0.303 e. The Morgan fingerprint density at radius 1 is 1.05 bits per heavy atom. The Morgan fingerprint density at radius 2 is 1.71 bits per heavy atom.